The molecule has 5 nitrogen and oxygen atoms in total. The predicted molar refractivity (Wildman–Crippen MR) is 107 cm³/mol. The molecule has 1 saturated carbocycles. The molecule has 0 bridgehead atoms. The van der Waals surface area contributed by atoms with Crippen LogP contribution in [0.3, 0.4) is 0 Å². The van der Waals surface area contributed by atoms with Gasteiger partial charge in [-0.25, -0.2) is 0 Å². The monoisotopic (exact) mass is 394 g/mol. The second-order valence-electron chi connectivity index (χ2n) is 8.01. The molecule has 0 radical (unpaired) electrons. The van der Waals surface area contributed by atoms with E-state index in [9.17, 15) is 19.0 Å². The Morgan fingerprint density at radius 2 is 1.81 bits per heavy atom. The van der Waals surface area contributed by atoms with Gasteiger partial charge in [-0.2, -0.15) is 0 Å². The van der Waals surface area contributed by atoms with Crippen molar-refractivity contribution in [2.45, 2.75) is 65.2 Å². The number of aliphatic carboxylic acids is 1. The first kappa shape index (κ1) is 21.8. The third-order valence-corrected chi connectivity index (χ3v) is 7.20. The lowest BCUT2D eigenvalue weighted by atomic mass is 9.82. The van der Waals surface area contributed by atoms with Gasteiger partial charge in [0, 0.05) is 6.16 Å². The standard InChI is InChI=1S/C21H31O5P/c1-15-10-16(2)20(18(11-15)12-17-6-4-3-5-7-17)8-9-27(25,26)14-19(22)13-21(23)24/h10-11,17H,3-9,12-14H2,1-2H3,(H,23,24)(H,25,26). The van der Waals surface area contributed by atoms with Crippen LogP contribution in [0, 0.1) is 19.8 Å². The third kappa shape index (κ3) is 7.23. The molecule has 1 aliphatic rings. The normalized spacial score (nSPS) is 17.4. The summed E-state index contributed by atoms with van der Waals surface area (Å²) in [5.74, 6) is -1.27. The van der Waals surface area contributed by atoms with Gasteiger partial charge in [-0.3, -0.25) is 14.2 Å². The molecule has 1 atom stereocenters. The Morgan fingerprint density at radius 1 is 1.15 bits per heavy atom. The molecule has 0 heterocycles. The van der Waals surface area contributed by atoms with Crippen LogP contribution in [0.15, 0.2) is 12.1 Å². The Morgan fingerprint density at radius 3 is 2.44 bits per heavy atom. The zero-order valence-corrected chi connectivity index (χ0v) is 17.3. The molecule has 0 spiro atoms. The quantitative estimate of drug-likeness (QED) is 0.482. The van der Waals surface area contributed by atoms with E-state index in [2.05, 4.69) is 19.1 Å². The minimum atomic E-state index is -3.68. The summed E-state index contributed by atoms with van der Waals surface area (Å²) in [7, 11) is -3.68. The Bertz CT molecular complexity index is 734. The SMILES string of the molecule is Cc1cc(C)c(CCP(=O)(O)CC(=O)CC(=O)O)c(CC2CCCCC2)c1. The van der Waals surface area contributed by atoms with Gasteiger partial charge in [-0.05, 0) is 49.3 Å². The molecule has 27 heavy (non-hydrogen) atoms. The fourth-order valence-electron chi connectivity index (χ4n) is 4.19. The van der Waals surface area contributed by atoms with E-state index in [4.69, 9.17) is 5.11 Å². The van der Waals surface area contributed by atoms with Gasteiger partial charge >= 0.3 is 5.97 Å². The summed E-state index contributed by atoms with van der Waals surface area (Å²) in [5, 5.41) is 8.65. The van der Waals surface area contributed by atoms with Gasteiger partial charge < -0.3 is 10.00 Å². The molecule has 0 aromatic heterocycles. The fraction of sp³-hybridized carbons (Fsp3) is 0.619. The van der Waals surface area contributed by atoms with Crippen molar-refractivity contribution < 1.29 is 24.2 Å². The molecule has 0 amide bonds. The van der Waals surface area contributed by atoms with E-state index in [1.165, 1.54) is 43.2 Å². The van der Waals surface area contributed by atoms with Gasteiger partial charge in [-0.1, -0.05) is 49.8 Å². The van der Waals surface area contributed by atoms with Crippen LogP contribution in [0.2, 0.25) is 0 Å². The number of carbonyl (C=O) groups is 2. The van der Waals surface area contributed by atoms with Gasteiger partial charge in [-0.15, -0.1) is 0 Å². The number of hydrogen-bond acceptors (Lipinski definition) is 3. The average Bonchev–Trinajstić information content (AvgIpc) is 2.53. The number of carboxylic acid groups (broad SMARTS) is 1. The largest absolute Gasteiger partial charge is 0.481 e. The highest BCUT2D eigenvalue weighted by Crippen LogP contribution is 2.42. The summed E-state index contributed by atoms with van der Waals surface area (Å²) < 4.78 is 12.4. The maximum atomic E-state index is 12.4. The average molecular weight is 394 g/mol. The zero-order valence-electron chi connectivity index (χ0n) is 16.4. The summed E-state index contributed by atoms with van der Waals surface area (Å²) in [4.78, 5) is 32.4. The fourth-order valence-corrected chi connectivity index (χ4v) is 5.59. The van der Waals surface area contributed by atoms with Crippen molar-refractivity contribution in [3.05, 3.63) is 34.4 Å². The number of hydrogen-bond donors (Lipinski definition) is 2. The van der Waals surface area contributed by atoms with Crippen LogP contribution in [0.1, 0.15) is 60.8 Å². The summed E-state index contributed by atoms with van der Waals surface area (Å²) in [6, 6.07) is 4.28. The molecule has 0 saturated heterocycles. The molecule has 1 aliphatic carbocycles. The molecular formula is C21H31O5P. The van der Waals surface area contributed by atoms with E-state index in [1.807, 2.05) is 6.92 Å². The topological polar surface area (TPSA) is 91.7 Å². The number of rotatable bonds is 9. The Balaban J connectivity index is 2.09. The van der Waals surface area contributed by atoms with Crippen molar-refractivity contribution in [1.82, 2.24) is 0 Å². The van der Waals surface area contributed by atoms with Gasteiger partial charge in [0.2, 0.25) is 7.37 Å². The highest BCUT2D eigenvalue weighted by molar-refractivity contribution is 7.59. The molecule has 6 heteroatoms. The van der Waals surface area contributed by atoms with E-state index in [0.717, 1.165) is 17.5 Å². The van der Waals surface area contributed by atoms with Crippen LogP contribution in [0.25, 0.3) is 0 Å². The van der Waals surface area contributed by atoms with Crippen LogP contribution in [0.4, 0.5) is 0 Å². The van der Waals surface area contributed by atoms with E-state index in [1.54, 1.807) is 0 Å². The van der Waals surface area contributed by atoms with Crippen LogP contribution in [-0.4, -0.2) is 34.1 Å². The lowest BCUT2D eigenvalue weighted by Gasteiger charge is -2.24. The zero-order chi connectivity index (χ0) is 20.0. The molecule has 1 aromatic rings. The van der Waals surface area contributed by atoms with Crippen molar-refractivity contribution in [2.75, 3.05) is 12.3 Å². The molecule has 2 N–H and O–H groups in total. The van der Waals surface area contributed by atoms with E-state index in [0.29, 0.717) is 12.3 Å². The van der Waals surface area contributed by atoms with Crippen molar-refractivity contribution in [3.8, 4) is 0 Å². The van der Waals surface area contributed by atoms with Crippen molar-refractivity contribution in [2.24, 2.45) is 5.92 Å². The van der Waals surface area contributed by atoms with Gasteiger partial charge in [0.15, 0.2) is 5.78 Å². The molecule has 1 aromatic carbocycles. The Kier molecular flexibility index (Phi) is 7.81. The first-order valence-corrected chi connectivity index (χ1v) is 11.8. The van der Waals surface area contributed by atoms with Crippen LogP contribution >= 0.6 is 7.37 Å². The van der Waals surface area contributed by atoms with E-state index < -0.39 is 31.7 Å². The van der Waals surface area contributed by atoms with E-state index in [-0.39, 0.29) is 6.16 Å². The summed E-state index contributed by atoms with van der Waals surface area (Å²) in [6.07, 6.45) is 6.58. The van der Waals surface area contributed by atoms with Crippen molar-refractivity contribution >= 4 is 19.1 Å². The van der Waals surface area contributed by atoms with Crippen molar-refractivity contribution in [1.29, 1.82) is 0 Å². The highest BCUT2D eigenvalue weighted by atomic mass is 31.2. The second kappa shape index (κ2) is 9.66. The smallest absolute Gasteiger partial charge is 0.310 e. The van der Waals surface area contributed by atoms with Crippen LogP contribution in [0.5, 0.6) is 0 Å². The number of ketones is 1. The lowest BCUT2D eigenvalue weighted by molar-refractivity contribution is -0.139. The number of aryl methyl sites for hydroxylation is 2. The third-order valence-electron chi connectivity index (χ3n) is 5.43. The van der Waals surface area contributed by atoms with Gasteiger partial charge in [0.1, 0.15) is 6.42 Å². The second-order valence-corrected chi connectivity index (χ2v) is 10.5. The molecular weight excluding hydrogens is 363 g/mol. The Labute approximate surface area is 161 Å². The van der Waals surface area contributed by atoms with Crippen LogP contribution in [-0.2, 0) is 27.0 Å². The maximum absolute atomic E-state index is 12.4. The number of Topliss-reactive ketones (excluding diaryl/α,β-unsaturated/α-hetero) is 1. The molecule has 1 unspecified atom stereocenters. The Hall–Kier alpha value is -1.45. The van der Waals surface area contributed by atoms with Gasteiger partial charge in [0.25, 0.3) is 0 Å². The minimum Gasteiger partial charge on any atom is -0.481 e. The lowest BCUT2D eigenvalue weighted by Crippen LogP contribution is -2.14. The molecule has 0 aliphatic heterocycles. The first-order valence-electron chi connectivity index (χ1n) is 9.79. The summed E-state index contributed by atoms with van der Waals surface area (Å²) >= 11 is 0. The number of carbonyl (C=O) groups excluding carboxylic acids is 1. The molecule has 1 fully saturated rings. The first-order chi connectivity index (χ1) is 12.7. The number of benzene rings is 1. The van der Waals surface area contributed by atoms with Gasteiger partial charge in [0.05, 0.1) is 6.16 Å². The minimum absolute atomic E-state index is 0.0138. The predicted octanol–water partition coefficient (Wildman–Crippen LogP) is 4.28. The molecule has 150 valence electrons. The van der Waals surface area contributed by atoms with E-state index >= 15 is 0 Å². The summed E-state index contributed by atoms with van der Waals surface area (Å²) in [6.45, 7) is 4.10. The van der Waals surface area contributed by atoms with Crippen LogP contribution < -0.4 is 0 Å². The number of carboxylic acids is 1. The van der Waals surface area contributed by atoms with Crippen molar-refractivity contribution in [3.63, 3.8) is 0 Å². The molecule has 2 rings (SSSR count). The summed E-state index contributed by atoms with van der Waals surface area (Å²) in [5.41, 5.74) is 4.70. The highest BCUT2D eigenvalue weighted by Gasteiger charge is 2.25. The maximum Gasteiger partial charge on any atom is 0.310 e.